The average molecular weight is 165 g/mol. The minimum atomic E-state index is 0.182. The minimum absolute atomic E-state index is 0.182. The topological polar surface area (TPSA) is 43.8 Å². The summed E-state index contributed by atoms with van der Waals surface area (Å²) in [5, 5.41) is 0. The highest BCUT2D eigenvalue weighted by Gasteiger charge is 2.20. The third kappa shape index (κ3) is 1.05. The number of fused-ring (bicyclic) bond motifs is 1. The van der Waals surface area contributed by atoms with E-state index >= 15 is 0 Å². The number of imidazole rings is 1. The highest BCUT2D eigenvalue weighted by molar-refractivity contribution is 5.19. The maximum atomic E-state index is 5.94. The van der Waals surface area contributed by atoms with Gasteiger partial charge in [-0.1, -0.05) is 0 Å². The van der Waals surface area contributed by atoms with E-state index in [-0.39, 0.29) is 6.04 Å². The first-order valence-corrected chi connectivity index (χ1v) is 4.62. The number of hydrogen-bond donors (Lipinski definition) is 1. The molecule has 0 aromatic carbocycles. The molecule has 12 heavy (non-hydrogen) atoms. The molecular formula is C9H15N3. The van der Waals surface area contributed by atoms with E-state index in [4.69, 9.17) is 5.73 Å². The standard InChI is InChI=1S/C9H15N3/c1-2-12-6-11-9-7(10)4-3-5-8(9)12/h6-7H,2-5,10H2,1H3. The molecule has 1 heterocycles. The van der Waals surface area contributed by atoms with Gasteiger partial charge in [-0.3, -0.25) is 0 Å². The van der Waals surface area contributed by atoms with Crippen LogP contribution < -0.4 is 5.73 Å². The van der Waals surface area contributed by atoms with Gasteiger partial charge in [0.2, 0.25) is 0 Å². The first kappa shape index (κ1) is 7.80. The highest BCUT2D eigenvalue weighted by Crippen LogP contribution is 2.26. The molecule has 0 fully saturated rings. The predicted octanol–water partition coefficient (Wildman–Crippen LogP) is 1.24. The van der Waals surface area contributed by atoms with Gasteiger partial charge < -0.3 is 10.3 Å². The lowest BCUT2D eigenvalue weighted by Gasteiger charge is -2.18. The normalized spacial score (nSPS) is 22.3. The Bertz CT molecular complexity index is 277. The fraction of sp³-hybridized carbons (Fsp3) is 0.667. The molecule has 0 saturated heterocycles. The molecule has 0 spiro atoms. The zero-order valence-corrected chi connectivity index (χ0v) is 7.45. The second kappa shape index (κ2) is 2.90. The van der Waals surface area contributed by atoms with Crippen LogP contribution >= 0.6 is 0 Å². The van der Waals surface area contributed by atoms with Gasteiger partial charge >= 0.3 is 0 Å². The van der Waals surface area contributed by atoms with E-state index in [0.29, 0.717) is 0 Å². The summed E-state index contributed by atoms with van der Waals surface area (Å²) in [7, 11) is 0. The van der Waals surface area contributed by atoms with E-state index in [1.54, 1.807) is 0 Å². The fourth-order valence-electron chi connectivity index (χ4n) is 1.90. The Kier molecular flexibility index (Phi) is 1.89. The minimum Gasteiger partial charge on any atom is -0.335 e. The monoisotopic (exact) mass is 165 g/mol. The molecule has 66 valence electrons. The molecule has 1 aliphatic rings. The summed E-state index contributed by atoms with van der Waals surface area (Å²) in [5.74, 6) is 0. The number of nitrogens with zero attached hydrogens (tertiary/aromatic N) is 2. The highest BCUT2D eigenvalue weighted by atomic mass is 15.1. The number of nitrogens with two attached hydrogens (primary N) is 1. The van der Waals surface area contributed by atoms with E-state index in [1.807, 2.05) is 6.33 Å². The van der Waals surface area contributed by atoms with Crippen LogP contribution in [-0.2, 0) is 13.0 Å². The van der Waals surface area contributed by atoms with Crippen molar-refractivity contribution in [3.8, 4) is 0 Å². The van der Waals surface area contributed by atoms with Crippen molar-refractivity contribution >= 4 is 0 Å². The van der Waals surface area contributed by atoms with Crippen molar-refractivity contribution in [2.24, 2.45) is 5.73 Å². The van der Waals surface area contributed by atoms with E-state index in [0.717, 1.165) is 25.1 Å². The van der Waals surface area contributed by atoms with Gasteiger partial charge in [-0.25, -0.2) is 4.98 Å². The van der Waals surface area contributed by atoms with Gasteiger partial charge in [0, 0.05) is 18.3 Å². The average Bonchev–Trinajstić information content (AvgIpc) is 2.49. The van der Waals surface area contributed by atoms with E-state index < -0.39 is 0 Å². The molecule has 3 heteroatoms. The lowest BCUT2D eigenvalue weighted by Crippen LogP contribution is -2.18. The second-order valence-electron chi connectivity index (χ2n) is 3.36. The molecule has 3 nitrogen and oxygen atoms in total. The van der Waals surface area contributed by atoms with Crippen molar-refractivity contribution in [3.05, 3.63) is 17.7 Å². The van der Waals surface area contributed by atoms with E-state index in [2.05, 4.69) is 16.5 Å². The number of rotatable bonds is 1. The molecule has 1 aromatic rings. The summed E-state index contributed by atoms with van der Waals surface area (Å²) in [5.41, 5.74) is 8.42. The molecule has 0 amide bonds. The van der Waals surface area contributed by atoms with Crippen molar-refractivity contribution in [2.45, 2.75) is 38.8 Å². The third-order valence-corrected chi connectivity index (χ3v) is 2.60. The van der Waals surface area contributed by atoms with Crippen LogP contribution in [0.4, 0.5) is 0 Å². The summed E-state index contributed by atoms with van der Waals surface area (Å²) < 4.78 is 2.20. The molecule has 2 rings (SSSR count). The molecule has 0 saturated carbocycles. The molecular weight excluding hydrogens is 150 g/mol. The van der Waals surface area contributed by atoms with Crippen molar-refractivity contribution in [2.75, 3.05) is 0 Å². The summed E-state index contributed by atoms with van der Waals surface area (Å²) in [4.78, 5) is 4.35. The second-order valence-corrected chi connectivity index (χ2v) is 3.36. The lowest BCUT2D eigenvalue weighted by molar-refractivity contribution is 0.538. The zero-order valence-electron chi connectivity index (χ0n) is 7.45. The van der Waals surface area contributed by atoms with Crippen LogP contribution in [0.3, 0.4) is 0 Å². The van der Waals surface area contributed by atoms with Crippen LogP contribution in [0.15, 0.2) is 6.33 Å². The number of hydrogen-bond acceptors (Lipinski definition) is 2. The Morgan fingerprint density at radius 2 is 2.58 bits per heavy atom. The predicted molar refractivity (Wildman–Crippen MR) is 47.8 cm³/mol. The molecule has 1 atom stereocenters. The van der Waals surface area contributed by atoms with E-state index in [1.165, 1.54) is 12.1 Å². The summed E-state index contributed by atoms with van der Waals surface area (Å²) in [6.45, 7) is 3.15. The Labute approximate surface area is 72.6 Å². The van der Waals surface area contributed by atoms with Gasteiger partial charge in [0.1, 0.15) is 0 Å². The van der Waals surface area contributed by atoms with Gasteiger partial charge in [-0.15, -0.1) is 0 Å². The smallest absolute Gasteiger partial charge is 0.0952 e. The van der Waals surface area contributed by atoms with Crippen molar-refractivity contribution < 1.29 is 0 Å². The molecule has 1 aliphatic carbocycles. The molecule has 1 aromatic heterocycles. The Hall–Kier alpha value is -0.830. The van der Waals surface area contributed by atoms with Crippen LogP contribution in [-0.4, -0.2) is 9.55 Å². The van der Waals surface area contributed by atoms with Gasteiger partial charge in [0.15, 0.2) is 0 Å². The van der Waals surface area contributed by atoms with Crippen LogP contribution in [0.2, 0.25) is 0 Å². The van der Waals surface area contributed by atoms with Crippen LogP contribution in [0.5, 0.6) is 0 Å². The molecule has 0 aliphatic heterocycles. The fourth-order valence-corrected chi connectivity index (χ4v) is 1.90. The molecule has 0 bridgehead atoms. The van der Waals surface area contributed by atoms with Gasteiger partial charge in [-0.2, -0.15) is 0 Å². The quantitative estimate of drug-likeness (QED) is 0.680. The summed E-state index contributed by atoms with van der Waals surface area (Å²) in [6, 6.07) is 0.182. The maximum Gasteiger partial charge on any atom is 0.0952 e. The molecule has 2 N–H and O–H groups in total. The first-order chi connectivity index (χ1) is 5.83. The third-order valence-electron chi connectivity index (χ3n) is 2.60. The van der Waals surface area contributed by atoms with Gasteiger partial charge in [-0.05, 0) is 26.2 Å². The van der Waals surface area contributed by atoms with Crippen LogP contribution in [0.25, 0.3) is 0 Å². The summed E-state index contributed by atoms with van der Waals surface area (Å²) in [6.07, 6.45) is 5.36. The SMILES string of the molecule is CCn1cnc2c1CCCC2N. The van der Waals surface area contributed by atoms with Crippen LogP contribution in [0, 0.1) is 0 Å². The molecule has 1 unspecified atom stereocenters. The Balaban J connectivity index is 2.41. The lowest BCUT2D eigenvalue weighted by atomic mass is 9.97. The number of aryl methyl sites for hydroxylation is 1. The van der Waals surface area contributed by atoms with Crippen molar-refractivity contribution in [1.29, 1.82) is 0 Å². The first-order valence-electron chi connectivity index (χ1n) is 4.62. The van der Waals surface area contributed by atoms with Crippen molar-refractivity contribution in [1.82, 2.24) is 9.55 Å². The largest absolute Gasteiger partial charge is 0.335 e. The number of aromatic nitrogens is 2. The Morgan fingerprint density at radius 1 is 1.75 bits per heavy atom. The molecule has 0 radical (unpaired) electrons. The Morgan fingerprint density at radius 3 is 3.33 bits per heavy atom. The summed E-state index contributed by atoms with van der Waals surface area (Å²) >= 11 is 0. The van der Waals surface area contributed by atoms with Crippen LogP contribution in [0.1, 0.15) is 37.2 Å². The van der Waals surface area contributed by atoms with E-state index in [9.17, 15) is 0 Å². The van der Waals surface area contributed by atoms with Crippen molar-refractivity contribution in [3.63, 3.8) is 0 Å². The zero-order chi connectivity index (χ0) is 8.55. The maximum absolute atomic E-state index is 5.94. The van der Waals surface area contributed by atoms with Gasteiger partial charge in [0.25, 0.3) is 0 Å². The van der Waals surface area contributed by atoms with Gasteiger partial charge in [0.05, 0.1) is 12.0 Å².